The minimum absolute atomic E-state index is 0.161. The monoisotopic (exact) mass is 342 g/mol. The lowest BCUT2D eigenvalue weighted by Crippen LogP contribution is -2.35. The maximum Gasteiger partial charge on any atom is 0.261 e. The minimum Gasteiger partial charge on any atom is -0.481 e. The number of nitrogens with one attached hydrogen (secondary N) is 1. The Kier molecular flexibility index (Phi) is 4.96. The van der Waals surface area contributed by atoms with Gasteiger partial charge in [0.05, 0.1) is 18.5 Å². The predicted molar refractivity (Wildman–Crippen MR) is 92.9 cm³/mol. The number of amides is 1. The molecule has 24 heavy (non-hydrogen) atoms. The number of hydrogen-bond donors (Lipinski definition) is 1. The number of para-hydroxylation sites is 1. The fourth-order valence-corrected chi connectivity index (χ4v) is 3.14. The van der Waals surface area contributed by atoms with Crippen molar-refractivity contribution >= 4 is 17.2 Å². The van der Waals surface area contributed by atoms with E-state index in [1.54, 1.807) is 13.2 Å². The van der Waals surface area contributed by atoms with E-state index in [-0.39, 0.29) is 5.91 Å². The van der Waals surface area contributed by atoms with Crippen LogP contribution in [0.5, 0.6) is 5.75 Å². The molecule has 0 fully saturated rings. The van der Waals surface area contributed by atoms with Crippen molar-refractivity contribution in [2.45, 2.75) is 26.5 Å². The Balaban J connectivity index is 1.58. The average molecular weight is 342 g/mol. The molecule has 3 aromatic rings. The molecule has 0 saturated heterocycles. The Morgan fingerprint density at radius 1 is 1.29 bits per heavy atom. The Hall–Kier alpha value is -2.60. The Labute approximate surface area is 144 Å². The zero-order valence-corrected chi connectivity index (χ0v) is 14.3. The molecule has 1 atom stereocenters. The van der Waals surface area contributed by atoms with Crippen molar-refractivity contribution < 1.29 is 13.9 Å². The van der Waals surface area contributed by atoms with Gasteiger partial charge in [-0.1, -0.05) is 18.2 Å². The topological polar surface area (TPSA) is 64.4 Å². The fraction of sp³-hybridized carbons (Fsp3) is 0.222. The van der Waals surface area contributed by atoms with Gasteiger partial charge in [-0.2, -0.15) is 0 Å². The molecule has 1 amide bonds. The highest BCUT2D eigenvalue weighted by Crippen LogP contribution is 2.28. The molecule has 0 aliphatic carbocycles. The number of thiazole rings is 1. The summed E-state index contributed by atoms with van der Waals surface area (Å²) in [5, 5.41) is 3.71. The quantitative estimate of drug-likeness (QED) is 0.740. The Bertz CT molecular complexity index is 797. The molecule has 5 nitrogen and oxygen atoms in total. The number of nitrogens with zero attached hydrogens (tertiary/aromatic N) is 1. The molecule has 6 heteroatoms. The summed E-state index contributed by atoms with van der Waals surface area (Å²) in [6.45, 7) is 4.08. The number of benzene rings is 1. The van der Waals surface area contributed by atoms with Crippen molar-refractivity contribution in [3.63, 3.8) is 0 Å². The molecule has 124 valence electrons. The summed E-state index contributed by atoms with van der Waals surface area (Å²) in [4.78, 5) is 17.7. The van der Waals surface area contributed by atoms with Crippen LogP contribution in [0.2, 0.25) is 0 Å². The van der Waals surface area contributed by atoms with E-state index in [1.807, 2.05) is 49.4 Å². The lowest BCUT2D eigenvalue weighted by molar-refractivity contribution is -0.127. The number of furan rings is 1. The first-order chi connectivity index (χ1) is 11.6. The van der Waals surface area contributed by atoms with Crippen molar-refractivity contribution in [2.24, 2.45) is 0 Å². The van der Waals surface area contributed by atoms with Gasteiger partial charge in [0.1, 0.15) is 5.75 Å². The van der Waals surface area contributed by atoms with Crippen LogP contribution in [0.15, 0.2) is 53.1 Å². The first-order valence-corrected chi connectivity index (χ1v) is 8.44. The summed E-state index contributed by atoms with van der Waals surface area (Å²) in [6.07, 6.45) is 1.06. The van der Waals surface area contributed by atoms with E-state index in [4.69, 9.17) is 9.15 Å². The summed E-state index contributed by atoms with van der Waals surface area (Å²) in [5.41, 5.74) is 0.892. The van der Waals surface area contributed by atoms with Crippen LogP contribution in [0.1, 0.15) is 17.5 Å². The van der Waals surface area contributed by atoms with E-state index in [0.717, 1.165) is 21.3 Å². The lowest BCUT2D eigenvalue weighted by Gasteiger charge is -2.14. The summed E-state index contributed by atoms with van der Waals surface area (Å²) < 4.78 is 11.0. The third kappa shape index (κ3) is 3.83. The predicted octanol–water partition coefficient (Wildman–Crippen LogP) is 3.80. The van der Waals surface area contributed by atoms with Gasteiger partial charge in [0.15, 0.2) is 16.9 Å². The highest BCUT2D eigenvalue weighted by Gasteiger charge is 2.16. The van der Waals surface area contributed by atoms with Gasteiger partial charge in [0, 0.05) is 4.88 Å². The zero-order chi connectivity index (χ0) is 16.9. The average Bonchev–Trinajstić information content (AvgIpc) is 3.23. The highest BCUT2D eigenvalue weighted by molar-refractivity contribution is 7.15. The standard InChI is InChI=1S/C18H18N2O3S/c1-12-16(24-18(20-12)15-9-6-10-22-15)11-19-17(21)13(2)23-14-7-4-3-5-8-14/h3-10,13H,11H2,1-2H3,(H,19,21). The van der Waals surface area contributed by atoms with E-state index in [1.165, 1.54) is 11.3 Å². The maximum absolute atomic E-state index is 12.2. The summed E-state index contributed by atoms with van der Waals surface area (Å²) in [6, 6.07) is 13.0. The normalized spacial score (nSPS) is 11.9. The van der Waals surface area contributed by atoms with Crippen LogP contribution in [0.4, 0.5) is 0 Å². The van der Waals surface area contributed by atoms with Gasteiger partial charge in [-0.25, -0.2) is 4.98 Å². The van der Waals surface area contributed by atoms with Crippen LogP contribution in [-0.2, 0) is 11.3 Å². The highest BCUT2D eigenvalue weighted by atomic mass is 32.1. The number of aryl methyl sites for hydroxylation is 1. The van der Waals surface area contributed by atoms with Gasteiger partial charge in [-0.05, 0) is 38.1 Å². The van der Waals surface area contributed by atoms with Crippen LogP contribution in [0.3, 0.4) is 0 Å². The molecule has 0 aliphatic heterocycles. The molecule has 2 aromatic heterocycles. The van der Waals surface area contributed by atoms with Gasteiger partial charge in [-0.15, -0.1) is 11.3 Å². The van der Waals surface area contributed by atoms with Gasteiger partial charge in [-0.3, -0.25) is 4.79 Å². The number of carbonyl (C=O) groups is 1. The smallest absolute Gasteiger partial charge is 0.261 e. The molecule has 1 N–H and O–H groups in total. The minimum atomic E-state index is -0.565. The number of hydrogen-bond acceptors (Lipinski definition) is 5. The first kappa shape index (κ1) is 16.3. The van der Waals surface area contributed by atoms with Gasteiger partial charge in [0.25, 0.3) is 5.91 Å². The van der Waals surface area contributed by atoms with Gasteiger partial charge >= 0.3 is 0 Å². The number of carbonyl (C=O) groups excluding carboxylic acids is 1. The van der Waals surface area contributed by atoms with Crippen molar-refractivity contribution in [3.8, 4) is 16.5 Å². The maximum atomic E-state index is 12.2. The van der Waals surface area contributed by atoms with Crippen LogP contribution in [0.25, 0.3) is 10.8 Å². The molecule has 3 rings (SSSR count). The Morgan fingerprint density at radius 3 is 2.79 bits per heavy atom. The second-order valence-electron chi connectivity index (χ2n) is 5.30. The van der Waals surface area contributed by atoms with Crippen molar-refractivity contribution in [1.82, 2.24) is 10.3 Å². The second-order valence-corrected chi connectivity index (χ2v) is 6.38. The van der Waals surface area contributed by atoms with Crippen LogP contribution in [-0.4, -0.2) is 17.0 Å². The zero-order valence-electron chi connectivity index (χ0n) is 13.5. The molecule has 1 unspecified atom stereocenters. The van der Waals surface area contributed by atoms with E-state index >= 15 is 0 Å². The largest absolute Gasteiger partial charge is 0.481 e. The van der Waals surface area contributed by atoms with Crippen molar-refractivity contribution in [1.29, 1.82) is 0 Å². The molecular weight excluding hydrogens is 324 g/mol. The summed E-state index contributed by atoms with van der Waals surface area (Å²) in [5.74, 6) is 1.25. The van der Waals surface area contributed by atoms with E-state index in [2.05, 4.69) is 10.3 Å². The molecule has 0 radical (unpaired) electrons. The molecule has 0 bridgehead atoms. The van der Waals surface area contributed by atoms with Crippen molar-refractivity contribution in [2.75, 3.05) is 0 Å². The summed E-state index contributed by atoms with van der Waals surface area (Å²) in [7, 11) is 0. The first-order valence-electron chi connectivity index (χ1n) is 7.63. The SMILES string of the molecule is Cc1nc(-c2ccco2)sc1CNC(=O)C(C)Oc1ccccc1. The second kappa shape index (κ2) is 7.31. The van der Waals surface area contributed by atoms with E-state index < -0.39 is 6.10 Å². The Morgan fingerprint density at radius 2 is 2.08 bits per heavy atom. The van der Waals surface area contributed by atoms with Crippen LogP contribution >= 0.6 is 11.3 Å². The molecule has 0 saturated carbocycles. The molecule has 0 aliphatic rings. The number of aromatic nitrogens is 1. The fourth-order valence-electron chi connectivity index (χ4n) is 2.17. The van der Waals surface area contributed by atoms with E-state index in [9.17, 15) is 4.79 Å². The lowest BCUT2D eigenvalue weighted by atomic mass is 10.3. The third-order valence-corrected chi connectivity index (χ3v) is 4.65. The van der Waals surface area contributed by atoms with Crippen LogP contribution in [0, 0.1) is 6.92 Å². The van der Waals surface area contributed by atoms with Crippen LogP contribution < -0.4 is 10.1 Å². The van der Waals surface area contributed by atoms with Gasteiger partial charge in [0.2, 0.25) is 0 Å². The summed E-state index contributed by atoms with van der Waals surface area (Å²) >= 11 is 1.51. The van der Waals surface area contributed by atoms with Crippen molar-refractivity contribution in [3.05, 3.63) is 59.3 Å². The number of ether oxygens (including phenoxy) is 1. The molecule has 1 aromatic carbocycles. The third-order valence-electron chi connectivity index (χ3n) is 3.47. The molecule has 2 heterocycles. The van der Waals surface area contributed by atoms with Gasteiger partial charge < -0.3 is 14.5 Å². The molecular formula is C18H18N2O3S. The molecule has 0 spiro atoms. The van der Waals surface area contributed by atoms with E-state index in [0.29, 0.717) is 12.3 Å². The number of rotatable bonds is 6.